The van der Waals surface area contributed by atoms with Gasteiger partial charge in [-0.2, -0.15) is 10.2 Å². The Labute approximate surface area is 172 Å². The second-order valence-electron chi connectivity index (χ2n) is 6.40. The van der Waals surface area contributed by atoms with Gasteiger partial charge < -0.3 is 13.8 Å². The SMILES string of the molecule is CCCCOc1ccc(/N=N/c2cnn(CCP(=O)(OCC)OCC)c2C)cc1. The zero-order valence-corrected chi connectivity index (χ0v) is 18.6. The quantitative estimate of drug-likeness (QED) is 0.223. The zero-order valence-electron chi connectivity index (χ0n) is 17.7. The molecule has 0 radical (unpaired) electrons. The summed E-state index contributed by atoms with van der Waals surface area (Å²) in [7, 11) is -3.10. The molecule has 0 N–H and O–H groups in total. The molecule has 1 heterocycles. The summed E-state index contributed by atoms with van der Waals surface area (Å²) in [5.41, 5.74) is 2.24. The molecule has 160 valence electrons. The normalized spacial score (nSPS) is 12.0. The van der Waals surface area contributed by atoms with Crippen molar-refractivity contribution in [2.24, 2.45) is 10.2 Å². The molecule has 0 saturated heterocycles. The summed E-state index contributed by atoms with van der Waals surface area (Å²) in [6, 6.07) is 7.51. The topological polar surface area (TPSA) is 87.3 Å². The number of unbranched alkanes of at least 4 members (excludes halogenated alkanes) is 1. The highest BCUT2D eigenvalue weighted by Crippen LogP contribution is 2.48. The number of aryl methyl sites for hydroxylation is 1. The molecular formula is C20H31N4O4P. The van der Waals surface area contributed by atoms with Gasteiger partial charge in [-0.25, -0.2) is 0 Å². The monoisotopic (exact) mass is 422 g/mol. The van der Waals surface area contributed by atoms with Crippen LogP contribution in [0.25, 0.3) is 0 Å². The van der Waals surface area contributed by atoms with E-state index in [0.29, 0.717) is 25.4 Å². The van der Waals surface area contributed by atoms with Crippen LogP contribution in [0.15, 0.2) is 40.7 Å². The maximum Gasteiger partial charge on any atom is 0.332 e. The number of nitrogens with zero attached hydrogens (tertiary/aromatic N) is 4. The fourth-order valence-corrected chi connectivity index (χ4v) is 4.15. The number of rotatable bonds is 13. The van der Waals surface area contributed by atoms with Crippen LogP contribution in [0.1, 0.15) is 39.3 Å². The van der Waals surface area contributed by atoms with Crippen LogP contribution in [0.3, 0.4) is 0 Å². The molecular weight excluding hydrogens is 391 g/mol. The highest BCUT2D eigenvalue weighted by atomic mass is 31.2. The molecule has 0 atom stereocenters. The van der Waals surface area contributed by atoms with Crippen LogP contribution in [0.4, 0.5) is 11.4 Å². The highest BCUT2D eigenvalue weighted by molar-refractivity contribution is 7.53. The summed E-state index contributed by atoms with van der Waals surface area (Å²) in [5, 5.41) is 12.9. The fraction of sp³-hybridized carbons (Fsp3) is 0.550. The molecule has 2 aromatic rings. The summed E-state index contributed by atoms with van der Waals surface area (Å²) >= 11 is 0. The van der Waals surface area contributed by atoms with Crippen LogP contribution >= 0.6 is 7.60 Å². The Morgan fingerprint density at radius 2 is 1.76 bits per heavy atom. The van der Waals surface area contributed by atoms with E-state index in [1.165, 1.54) is 0 Å². The van der Waals surface area contributed by atoms with Gasteiger partial charge in [0.05, 0.1) is 50.1 Å². The third-order valence-electron chi connectivity index (χ3n) is 4.19. The minimum absolute atomic E-state index is 0.257. The summed E-state index contributed by atoms with van der Waals surface area (Å²) in [5.74, 6) is 0.828. The number of ether oxygens (including phenoxy) is 1. The summed E-state index contributed by atoms with van der Waals surface area (Å²) in [6.07, 6.45) is 4.05. The Morgan fingerprint density at radius 3 is 2.38 bits per heavy atom. The van der Waals surface area contributed by atoms with Crippen molar-refractivity contribution < 1.29 is 18.3 Å². The molecule has 2 rings (SSSR count). The van der Waals surface area contributed by atoms with E-state index >= 15 is 0 Å². The lowest BCUT2D eigenvalue weighted by Gasteiger charge is -2.17. The van der Waals surface area contributed by atoms with Gasteiger partial charge in [-0.15, -0.1) is 5.11 Å². The lowest BCUT2D eigenvalue weighted by atomic mass is 10.3. The Balaban J connectivity index is 1.97. The molecule has 0 unspecified atom stereocenters. The molecule has 0 fully saturated rings. The van der Waals surface area contributed by atoms with Gasteiger partial charge in [0.1, 0.15) is 11.4 Å². The van der Waals surface area contributed by atoms with Gasteiger partial charge in [0.2, 0.25) is 0 Å². The number of benzene rings is 1. The first kappa shape index (κ1) is 23.3. The van der Waals surface area contributed by atoms with Crippen LogP contribution in [-0.4, -0.2) is 35.8 Å². The van der Waals surface area contributed by atoms with Crippen molar-refractivity contribution in [1.82, 2.24) is 9.78 Å². The zero-order chi connectivity index (χ0) is 21.1. The van der Waals surface area contributed by atoms with E-state index in [9.17, 15) is 4.57 Å². The molecule has 1 aromatic heterocycles. The largest absolute Gasteiger partial charge is 0.494 e. The van der Waals surface area contributed by atoms with Crippen LogP contribution < -0.4 is 4.74 Å². The Morgan fingerprint density at radius 1 is 1.07 bits per heavy atom. The van der Waals surface area contributed by atoms with Crippen molar-refractivity contribution in [3.8, 4) is 5.75 Å². The maximum absolute atomic E-state index is 12.6. The van der Waals surface area contributed by atoms with Gasteiger partial charge in [-0.1, -0.05) is 13.3 Å². The lowest BCUT2D eigenvalue weighted by molar-refractivity contribution is 0.218. The number of hydrogen-bond donors (Lipinski definition) is 0. The van der Waals surface area contributed by atoms with E-state index < -0.39 is 7.60 Å². The molecule has 0 spiro atoms. The first-order chi connectivity index (χ1) is 14.0. The van der Waals surface area contributed by atoms with Crippen LogP contribution in [0.5, 0.6) is 5.75 Å². The van der Waals surface area contributed by atoms with E-state index in [-0.39, 0.29) is 6.16 Å². The molecule has 0 aliphatic carbocycles. The average molecular weight is 422 g/mol. The smallest absolute Gasteiger partial charge is 0.332 e. The van der Waals surface area contributed by atoms with E-state index in [1.54, 1.807) is 24.7 Å². The predicted molar refractivity (Wildman–Crippen MR) is 114 cm³/mol. The van der Waals surface area contributed by atoms with Crippen molar-refractivity contribution in [3.63, 3.8) is 0 Å². The molecule has 0 aliphatic rings. The van der Waals surface area contributed by atoms with Gasteiger partial charge in [-0.05, 0) is 51.5 Å². The van der Waals surface area contributed by atoms with Crippen molar-refractivity contribution in [2.75, 3.05) is 26.0 Å². The van der Waals surface area contributed by atoms with Crippen molar-refractivity contribution in [3.05, 3.63) is 36.2 Å². The maximum atomic E-state index is 12.6. The predicted octanol–water partition coefficient (Wildman–Crippen LogP) is 6.05. The first-order valence-electron chi connectivity index (χ1n) is 10.1. The van der Waals surface area contributed by atoms with Crippen molar-refractivity contribution in [2.45, 2.75) is 47.1 Å². The summed E-state index contributed by atoms with van der Waals surface area (Å²) in [4.78, 5) is 0. The Hall–Kier alpha value is -2.02. The lowest BCUT2D eigenvalue weighted by Crippen LogP contribution is -2.09. The standard InChI is InChI=1S/C20H31N4O4P/c1-5-8-14-26-19-11-9-18(10-12-19)22-23-20-16-21-24(17(20)4)13-15-29(25,27-6-2)28-7-3/h9-12,16H,5-8,13-15H2,1-4H3/b23-22+. The minimum atomic E-state index is -3.10. The molecule has 9 heteroatoms. The molecule has 0 bridgehead atoms. The third kappa shape index (κ3) is 7.38. The van der Waals surface area contributed by atoms with E-state index in [0.717, 1.165) is 36.6 Å². The third-order valence-corrected chi connectivity index (χ3v) is 6.24. The van der Waals surface area contributed by atoms with E-state index in [2.05, 4.69) is 22.3 Å². The molecule has 29 heavy (non-hydrogen) atoms. The van der Waals surface area contributed by atoms with Gasteiger partial charge in [0, 0.05) is 0 Å². The average Bonchev–Trinajstić information content (AvgIpc) is 3.06. The molecule has 0 saturated carbocycles. The summed E-state index contributed by atoms with van der Waals surface area (Å²) in [6.45, 7) is 9.46. The fourth-order valence-electron chi connectivity index (χ4n) is 2.59. The Kier molecular flexibility index (Phi) is 9.51. The highest BCUT2D eigenvalue weighted by Gasteiger charge is 2.23. The molecule has 0 amide bonds. The Bertz CT molecular complexity index is 810. The van der Waals surface area contributed by atoms with Crippen LogP contribution in [0.2, 0.25) is 0 Å². The molecule has 8 nitrogen and oxygen atoms in total. The van der Waals surface area contributed by atoms with E-state index in [4.69, 9.17) is 13.8 Å². The summed E-state index contributed by atoms with van der Waals surface area (Å²) < 4.78 is 30.6. The van der Waals surface area contributed by atoms with Crippen molar-refractivity contribution in [1.29, 1.82) is 0 Å². The minimum Gasteiger partial charge on any atom is -0.494 e. The molecule has 0 aliphatic heterocycles. The van der Waals surface area contributed by atoms with E-state index in [1.807, 2.05) is 31.2 Å². The molecule has 1 aromatic carbocycles. The number of aromatic nitrogens is 2. The number of azo groups is 1. The van der Waals surface area contributed by atoms with Gasteiger partial charge in [-0.3, -0.25) is 9.25 Å². The van der Waals surface area contributed by atoms with Crippen molar-refractivity contribution >= 4 is 19.0 Å². The van der Waals surface area contributed by atoms with Crippen LogP contribution in [0, 0.1) is 6.92 Å². The van der Waals surface area contributed by atoms with Crippen LogP contribution in [-0.2, 0) is 20.2 Å². The number of hydrogen-bond acceptors (Lipinski definition) is 7. The first-order valence-corrected chi connectivity index (χ1v) is 11.8. The second-order valence-corrected chi connectivity index (χ2v) is 8.59. The second kappa shape index (κ2) is 11.9. The van der Waals surface area contributed by atoms with Gasteiger partial charge in [0.25, 0.3) is 0 Å². The van der Waals surface area contributed by atoms with Gasteiger partial charge in [0.15, 0.2) is 0 Å². The van der Waals surface area contributed by atoms with Gasteiger partial charge >= 0.3 is 7.60 Å².